The minimum atomic E-state index is -4.50. The summed E-state index contributed by atoms with van der Waals surface area (Å²) in [5.41, 5.74) is 2.65. The van der Waals surface area contributed by atoms with Gasteiger partial charge in [-0.05, 0) is 51.1 Å². The van der Waals surface area contributed by atoms with Crippen LogP contribution in [0.15, 0.2) is 36.5 Å². The zero-order chi connectivity index (χ0) is 20.6. The van der Waals surface area contributed by atoms with E-state index in [2.05, 4.69) is 15.5 Å². The van der Waals surface area contributed by atoms with E-state index >= 15 is 0 Å². The number of halogens is 3. The van der Waals surface area contributed by atoms with Gasteiger partial charge in [0.15, 0.2) is 5.69 Å². The Balaban J connectivity index is 1.74. The highest BCUT2D eigenvalue weighted by atomic mass is 19.4. The van der Waals surface area contributed by atoms with Gasteiger partial charge in [0.1, 0.15) is 0 Å². The molecule has 1 amide bonds. The maximum atomic E-state index is 12.7. The number of carbonyl (C=O) groups is 1. The molecule has 1 aromatic carbocycles. The number of hydrogen-bond donors (Lipinski definition) is 1. The minimum Gasteiger partial charge on any atom is -0.345 e. The van der Waals surface area contributed by atoms with Gasteiger partial charge in [-0.25, -0.2) is 4.68 Å². The van der Waals surface area contributed by atoms with Crippen LogP contribution in [0.2, 0.25) is 0 Å². The summed E-state index contributed by atoms with van der Waals surface area (Å²) in [5.74, 6) is -0.279. The first-order valence-electron chi connectivity index (χ1n) is 8.62. The Kier molecular flexibility index (Phi) is 5.01. The van der Waals surface area contributed by atoms with Gasteiger partial charge in [-0.15, -0.1) is 0 Å². The second-order valence-corrected chi connectivity index (χ2v) is 6.59. The normalized spacial score (nSPS) is 12.8. The Hall–Kier alpha value is -3.10. The molecule has 0 aliphatic carbocycles. The predicted molar refractivity (Wildman–Crippen MR) is 97.1 cm³/mol. The summed E-state index contributed by atoms with van der Waals surface area (Å²) in [6.07, 6.45) is -3.27. The lowest BCUT2D eigenvalue weighted by atomic mass is 10.1. The maximum absolute atomic E-state index is 12.7. The van der Waals surface area contributed by atoms with Crippen LogP contribution >= 0.6 is 0 Å². The van der Waals surface area contributed by atoms with Crippen molar-refractivity contribution >= 4 is 5.91 Å². The third-order valence-electron chi connectivity index (χ3n) is 4.62. The molecule has 0 aliphatic rings. The largest absolute Gasteiger partial charge is 0.435 e. The molecule has 0 radical (unpaired) electrons. The van der Waals surface area contributed by atoms with Crippen LogP contribution in [0.3, 0.4) is 0 Å². The number of alkyl halides is 3. The lowest BCUT2D eigenvalue weighted by Crippen LogP contribution is -2.27. The molecule has 1 N–H and O–H groups in total. The zero-order valence-electron chi connectivity index (χ0n) is 15.9. The maximum Gasteiger partial charge on any atom is 0.435 e. The van der Waals surface area contributed by atoms with Crippen molar-refractivity contribution in [2.45, 2.75) is 33.0 Å². The Labute approximate surface area is 160 Å². The van der Waals surface area contributed by atoms with E-state index in [4.69, 9.17) is 0 Å². The Bertz CT molecular complexity index is 1000. The number of nitrogens with one attached hydrogen (secondary N) is 1. The van der Waals surface area contributed by atoms with Crippen LogP contribution < -0.4 is 5.32 Å². The molecule has 0 saturated carbocycles. The van der Waals surface area contributed by atoms with E-state index in [1.807, 2.05) is 27.8 Å². The summed E-state index contributed by atoms with van der Waals surface area (Å²) in [7, 11) is 1.85. The van der Waals surface area contributed by atoms with Crippen molar-refractivity contribution in [2.75, 3.05) is 0 Å². The third kappa shape index (κ3) is 3.78. The molecule has 2 aromatic heterocycles. The van der Waals surface area contributed by atoms with Crippen molar-refractivity contribution in [1.82, 2.24) is 24.9 Å². The average molecular weight is 391 g/mol. The molecule has 9 heteroatoms. The molecule has 6 nitrogen and oxygen atoms in total. The highest BCUT2D eigenvalue weighted by Crippen LogP contribution is 2.28. The second kappa shape index (κ2) is 7.14. The standard InChI is InChI=1S/C19H20F3N5O/c1-11(17-12(2)24-26(4)13(17)3)23-18(28)14-5-7-15(8-6-14)27-10-9-16(25-27)19(20,21)22/h5-11H,1-4H3,(H,23,28). The van der Waals surface area contributed by atoms with Crippen LogP contribution in [0.5, 0.6) is 0 Å². The van der Waals surface area contributed by atoms with Gasteiger partial charge in [0, 0.05) is 30.1 Å². The zero-order valence-corrected chi connectivity index (χ0v) is 15.9. The van der Waals surface area contributed by atoms with Crippen molar-refractivity contribution in [3.63, 3.8) is 0 Å². The summed E-state index contributed by atoms with van der Waals surface area (Å²) < 4.78 is 40.9. The van der Waals surface area contributed by atoms with Crippen molar-refractivity contribution < 1.29 is 18.0 Å². The van der Waals surface area contributed by atoms with Crippen LogP contribution in [0, 0.1) is 13.8 Å². The molecule has 148 valence electrons. The summed E-state index contributed by atoms with van der Waals surface area (Å²) in [4.78, 5) is 12.5. The number of hydrogen-bond acceptors (Lipinski definition) is 3. The van der Waals surface area contributed by atoms with Gasteiger partial charge in [0.05, 0.1) is 17.4 Å². The first kappa shape index (κ1) is 19.7. The summed E-state index contributed by atoms with van der Waals surface area (Å²) in [6.45, 7) is 5.71. The summed E-state index contributed by atoms with van der Waals surface area (Å²) in [6, 6.07) is 6.87. The van der Waals surface area contributed by atoms with Gasteiger partial charge in [0.2, 0.25) is 0 Å². The fraction of sp³-hybridized carbons (Fsp3) is 0.316. The molecule has 0 bridgehead atoms. The van der Waals surface area contributed by atoms with Crippen molar-refractivity contribution in [2.24, 2.45) is 7.05 Å². The minimum absolute atomic E-state index is 0.235. The SMILES string of the molecule is Cc1nn(C)c(C)c1C(C)NC(=O)c1ccc(-n2ccc(C(F)(F)F)n2)cc1. The monoisotopic (exact) mass is 391 g/mol. The van der Waals surface area contributed by atoms with Crippen LogP contribution in [-0.2, 0) is 13.2 Å². The first-order chi connectivity index (χ1) is 13.1. The Morgan fingerprint density at radius 1 is 1.11 bits per heavy atom. The number of benzene rings is 1. The van der Waals surface area contributed by atoms with Gasteiger partial charge in [-0.1, -0.05) is 0 Å². The van der Waals surface area contributed by atoms with Crippen LogP contribution in [-0.4, -0.2) is 25.5 Å². The number of rotatable bonds is 4. The molecule has 0 aliphatic heterocycles. The Morgan fingerprint density at radius 2 is 1.75 bits per heavy atom. The van der Waals surface area contributed by atoms with E-state index in [1.165, 1.54) is 6.20 Å². The number of nitrogens with zero attached hydrogens (tertiary/aromatic N) is 4. The molecule has 0 spiro atoms. The van der Waals surface area contributed by atoms with Gasteiger partial charge in [0.25, 0.3) is 5.91 Å². The number of carbonyl (C=O) groups excluding carboxylic acids is 1. The molecule has 3 aromatic rings. The van der Waals surface area contributed by atoms with E-state index in [-0.39, 0.29) is 11.9 Å². The van der Waals surface area contributed by atoms with E-state index in [1.54, 1.807) is 28.9 Å². The number of aromatic nitrogens is 4. The highest BCUT2D eigenvalue weighted by Gasteiger charge is 2.33. The lowest BCUT2D eigenvalue weighted by Gasteiger charge is -2.15. The number of aryl methyl sites for hydroxylation is 2. The van der Waals surface area contributed by atoms with Gasteiger partial charge in [-0.2, -0.15) is 23.4 Å². The molecule has 2 heterocycles. The molecular weight excluding hydrogens is 371 g/mol. The molecule has 3 rings (SSSR count). The third-order valence-corrected chi connectivity index (χ3v) is 4.62. The quantitative estimate of drug-likeness (QED) is 0.737. The summed E-state index contributed by atoms with van der Waals surface area (Å²) >= 11 is 0. The fourth-order valence-electron chi connectivity index (χ4n) is 3.15. The van der Waals surface area contributed by atoms with Crippen LogP contribution in [0.25, 0.3) is 5.69 Å². The van der Waals surface area contributed by atoms with E-state index in [0.29, 0.717) is 11.3 Å². The first-order valence-corrected chi connectivity index (χ1v) is 8.62. The smallest absolute Gasteiger partial charge is 0.345 e. The van der Waals surface area contributed by atoms with Crippen molar-refractivity contribution in [1.29, 1.82) is 0 Å². The molecular formula is C19H20F3N5O. The Morgan fingerprint density at radius 3 is 2.25 bits per heavy atom. The molecule has 0 saturated heterocycles. The van der Waals surface area contributed by atoms with E-state index in [9.17, 15) is 18.0 Å². The second-order valence-electron chi connectivity index (χ2n) is 6.59. The summed E-state index contributed by atoms with van der Waals surface area (Å²) in [5, 5.41) is 10.8. The van der Waals surface area contributed by atoms with Crippen LogP contribution in [0.1, 0.15) is 46.0 Å². The molecule has 28 heavy (non-hydrogen) atoms. The number of amides is 1. The van der Waals surface area contributed by atoms with Crippen LogP contribution in [0.4, 0.5) is 13.2 Å². The topological polar surface area (TPSA) is 64.7 Å². The molecule has 0 fully saturated rings. The molecule has 1 atom stereocenters. The highest BCUT2D eigenvalue weighted by molar-refractivity contribution is 5.94. The van der Waals surface area contributed by atoms with E-state index < -0.39 is 11.9 Å². The predicted octanol–water partition coefficient (Wildman–Crippen LogP) is 3.73. The molecule has 1 unspecified atom stereocenters. The lowest BCUT2D eigenvalue weighted by molar-refractivity contribution is -0.141. The van der Waals surface area contributed by atoms with Gasteiger partial charge >= 0.3 is 6.18 Å². The van der Waals surface area contributed by atoms with Crippen molar-refractivity contribution in [3.05, 3.63) is 64.7 Å². The van der Waals surface area contributed by atoms with Gasteiger partial charge < -0.3 is 5.32 Å². The van der Waals surface area contributed by atoms with E-state index in [0.717, 1.165) is 27.7 Å². The average Bonchev–Trinajstić information content (AvgIpc) is 3.20. The van der Waals surface area contributed by atoms with Crippen molar-refractivity contribution in [3.8, 4) is 5.69 Å². The van der Waals surface area contributed by atoms with Gasteiger partial charge in [-0.3, -0.25) is 9.48 Å². The fourth-order valence-corrected chi connectivity index (χ4v) is 3.15.